The van der Waals surface area contributed by atoms with Gasteiger partial charge in [0.05, 0.1) is 17.6 Å². The predicted molar refractivity (Wildman–Crippen MR) is 131 cm³/mol. The van der Waals surface area contributed by atoms with Gasteiger partial charge in [-0.1, -0.05) is 6.07 Å². The molecule has 4 atom stereocenters. The molecule has 2 aliphatic heterocycles. The van der Waals surface area contributed by atoms with Crippen molar-refractivity contribution in [3.8, 4) is 11.1 Å². The topological polar surface area (TPSA) is 120 Å². The summed E-state index contributed by atoms with van der Waals surface area (Å²) in [5.41, 5.74) is 4.17. The van der Waals surface area contributed by atoms with Gasteiger partial charge in [0.25, 0.3) is 0 Å². The Balaban J connectivity index is 1.39. The monoisotopic (exact) mass is 474 g/mol. The number of H-pyrrole nitrogens is 1. The summed E-state index contributed by atoms with van der Waals surface area (Å²) in [6.07, 6.45) is 9.31. The van der Waals surface area contributed by atoms with E-state index in [0.29, 0.717) is 36.5 Å². The number of fused-ring (bicyclic) bond motifs is 5. The zero-order valence-electron chi connectivity index (χ0n) is 19.9. The summed E-state index contributed by atoms with van der Waals surface area (Å²) in [7, 11) is 0. The molecular formula is C26H30N6O3. The normalized spacial score (nSPS) is 23.8. The van der Waals surface area contributed by atoms with E-state index in [-0.39, 0.29) is 0 Å². The minimum atomic E-state index is -1.00. The van der Waals surface area contributed by atoms with Crippen LogP contribution in [-0.2, 0) is 10.4 Å². The highest BCUT2D eigenvalue weighted by atomic mass is 16.3. The van der Waals surface area contributed by atoms with Gasteiger partial charge in [0.2, 0.25) is 0 Å². The van der Waals surface area contributed by atoms with Gasteiger partial charge in [0, 0.05) is 53.5 Å². The van der Waals surface area contributed by atoms with E-state index >= 15 is 0 Å². The second-order valence-corrected chi connectivity index (χ2v) is 10.5. The molecule has 1 unspecified atom stereocenters. The number of carbonyl (C=O) groups is 1. The smallest absolute Gasteiger partial charge is 0.165 e. The number of aldehydes is 1. The summed E-state index contributed by atoms with van der Waals surface area (Å²) in [6.45, 7) is 3.86. The van der Waals surface area contributed by atoms with Gasteiger partial charge < -0.3 is 20.0 Å². The quantitative estimate of drug-likeness (QED) is 0.368. The minimum Gasteiger partial charge on any atom is -0.384 e. The maximum Gasteiger partial charge on any atom is 0.165 e. The van der Waals surface area contributed by atoms with Crippen LogP contribution in [0.15, 0.2) is 36.8 Å². The van der Waals surface area contributed by atoms with Crippen LogP contribution < -0.4 is 0 Å². The Morgan fingerprint density at radius 3 is 2.63 bits per heavy atom. The largest absolute Gasteiger partial charge is 0.384 e. The van der Waals surface area contributed by atoms with Crippen LogP contribution in [0.1, 0.15) is 56.8 Å². The number of aromatic amines is 1. The number of piperidine rings is 1. The van der Waals surface area contributed by atoms with Gasteiger partial charge in [-0.3, -0.25) is 9.88 Å². The number of rotatable bonds is 6. The van der Waals surface area contributed by atoms with Crippen molar-refractivity contribution in [2.45, 2.75) is 69.2 Å². The van der Waals surface area contributed by atoms with Crippen molar-refractivity contribution >= 4 is 23.0 Å². The first-order valence-corrected chi connectivity index (χ1v) is 12.3. The van der Waals surface area contributed by atoms with Crippen LogP contribution in [0.5, 0.6) is 0 Å². The molecule has 2 bridgehead atoms. The van der Waals surface area contributed by atoms with Gasteiger partial charge >= 0.3 is 0 Å². The average molecular weight is 475 g/mol. The third-order valence-corrected chi connectivity index (χ3v) is 7.71. The Kier molecular flexibility index (Phi) is 5.24. The molecule has 0 aromatic carbocycles. The van der Waals surface area contributed by atoms with Crippen molar-refractivity contribution in [2.75, 3.05) is 6.54 Å². The molecule has 0 aliphatic carbocycles. The van der Waals surface area contributed by atoms with Crippen molar-refractivity contribution in [1.82, 2.24) is 29.5 Å². The molecule has 35 heavy (non-hydrogen) atoms. The van der Waals surface area contributed by atoms with Crippen molar-refractivity contribution in [3.05, 3.63) is 48.2 Å². The lowest BCUT2D eigenvalue weighted by Crippen LogP contribution is -2.46. The zero-order valence-corrected chi connectivity index (χ0v) is 19.9. The lowest BCUT2D eigenvalue weighted by molar-refractivity contribution is -0.116. The van der Waals surface area contributed by atoms with Crippen molar-refractivity contribution < 1.29 is 15.0 Å². The molecule has 0 spiro atoms. The Labute approximate surface area is 202 Å². The fourth-order valence-corrected chi connectivity index (χ4v) is 6.01. The lowest BCUT2D eigenvalue weighted by atomic mass is 9.86. The first-order valence-electron chi connectivity index (χ1n) is 12.3. The number of carbonyl (C=O) groups excluding carboxylic acids is 1. The molecule has 6 heterocycles. The Morgan fingerprint density at radius 2 is 1.97 bits per heavy atom. The predicted octanol–water partition coefficient (Wildman–Crippen LogP) is 2.77. The number of hydrogen-bond donors (Lipinski definition) is 3. The van der Waals surface area contributed by atoms with Crippen LogP contribution in [0.4, 0.5) is 0 Å². The highest BCUT2D eigenvalue weighted by Gasteiger charge is 2.42. The maximum absolute atomic E-state index is 11.0. The molecule has 3 N–H and O–H groups in total. The molecule has 2 saturated heterocycles. The van der Waals surface area contributed by atoms with E-state index in [4.69, 9.17) is 4.98 Å². The SMILES string of the molecule is CC(C)(O)c1ccc(-c2cnn3c2nc([C@@H]2C[C@H]4CC[C@@H](C2)N4CC(O)C=O)c2cc[nH]c23)cn1. The highest BCUT2D eigenvalue weighted by Crippen LogP contribution is 2.44. The summed E-state index contributed by atoms with van der Waals surface area (Å²) >= 11 is 0. The zero-order chi connectivity index (χ0) is 24.3. The molecule has 6 rings (SSSR count). The molecule has 0 radical (unpaired) electrons. The highest BCUT2D eigenvalue weighted by molar-refractivity contribution is 5.86. The fraction of sp³-hybridized carbons (Fsp3) is 0.462. The second-order valence-electron chi connectivity index (χ2n) is 10.5. The van der Waals surface area contributed by atoms with Gasteiger partial charge in [0.15, 0.2) is 5.65 Å². The van der Waals surface area contributed by atoms with E-state index in [2.05, 4.69) is 26.0 Å². The van der Waals surface area contributed by atoms with Crippen LogP contribution in [0, 0.1) is 0 Å². The van der Waals surface area contributed by atoms with E-state index in [0.717, 1.165) is 59.2 Å². The average Bonchev–Trinajstić information content (AvgIpc) is 3.54. The number of hydrogen-bond acceptors (Lipinski definition) is 7. The van der Waals surface area contributed by atoms with Crippen LogP contribution in [0.25, 0.3) is 27.8 Å². The second kappa shape index (κ2) is 8.22. The van der Waals surface area contributed by atoms with Gasteiger partial charge in [-0.2, -0.15) is 9.61 Å². The fourth-order valence-electron chi connectivity index (χ4n) is 6.01. The molecule has 9 nitrogen and oxygen atoms in total. The molecule has 4 aromatic rings. The summed E-state index contributed by atoms with van der Waals surface area (Å²) < 4.78 is 1.85. The number of pyridine rings is 1. The standard InChI is InChI=1S/C26H30N6O3/c1-26(2,35)22-6-3-15(11-28-22)21-12-29-32-24-20(7-8-27-24)23(30-25(21)32)16-9-17-4-5-18(10-16)31(17)13-19(34)14-33/h3,6-8,11-12,14,16-19,27,34-35H,4-5,9-10,13H2,1-2H3/t16-,17-,18+,19?. The third kappa shape index (κ3) is 3.74. The molecule has 182 valence electrons. The molecule has 2 fully saturated rings. The Bertz CT molecular complexity index is 1370. The Morgan fingerprint density at radius 1 is 1.20 bits per heavy atom. The molecule has 9 heteroatoms. The van der Waals surface area contributed by atoms with E-state index < -0.39 is 11.7 Å². The van der Waals surface area contributed by atoms with Crippen molar-refractivity contribution in [1.29, 1.82) is 0 Å². The Hall–Kier alpha value is -3.14. The number of aromatic nitrogens is 5. The minimum absolute atomic E-state index is 0.291. The van der Waals surface area contributed by atoms with Gasteiger partial charge in [-0.05, 0) is 51.7 Å². The lowest BCUT2D eigenvalue weighted by Gasteiger charge is -2.39. The first-order chi connectivity index (χ1) is 16.8. The van der Waals surface area contributed by atoms with Crippen LogP contribution in [0.2, 0.25) is 0 Å². The molecule has 4 aromatic heterocycles. The van der Waals surface area contributed by atoms with Crippen molar-refractivity contribution in [2.24, 2.45) is 0 Å². The summed E-state index contributed by atoms with van der Waals surface area (Å²) in [5.74, 6) is 0.291. The first kappa shape index (κ1) is 22.3. The molecule has 0 saturated carbocycles. The molecule has 0 amide bonds. The summed E-state index contributed by atoms with van der Waals surface area (Å²) in [4.78, 5) is 26.3. The summed E-state index contributed by atoms with van der Waals surface area (Å²) in [5, 5.41) is 25.9. The summed E-state index contributed by atoms with van der Waals surface area (Å²) in [6, 6.07) is 6.57. The van der Waals surface area contributed by atoms with Crippen LogP contribution >= 0.6 is 0 Å². The number of nitrogens with zero attached hydrogens (tertiary/aromatic N) is 5. The van der Waals surface area contributed by atoms with Gasteiger partial charge in [-0.25, -0.2) is 4.98 Å². The van der Waals surface area contributed by atoms with Crippen LogP contribution in [-0.4, -0.2) is 70.7 Å². The van der Waals surface area contributed by atoms with E-state index in [1.165, 1.54) is 0 Å². The van der Waals surface area contributed by atoms with Crippen molar-refractivity contribution in [3.63, 3.8) is 0 Å². The maximum atomic E-state index is 11.0. The van der Waals surface area contributed by atoms with E-state index in [1.807, 2.05) is 29.0 Å². The van der Waals surface area contributed by atoms with Gasteiger partial charge in [0.1, 0.15) is 23.6 Å². The van der Waals surface area contributed by atoms with Crippen LogP contribution in [0.3, 0.4) is 0 Å². The molecular weight excluding hydrogens is 444 g/mol. The molecule has 2 aliphatic rings. The number of nitrogens with one attached hydrogen (secondary N) is 1. The van der Waals surface area contributed by atoms with E-state index in [9.17, 15) is 15.0 Å². The van der Waals surface area contributed by atoms with E-state index in [1.54, 1.807) is 20.0 Å². The number of aliphatic hydroxyl groups excluding tert-OH is 1. The third-order valence-electron chi connectivity index (χ3n) is 7.71. The number of aliphatic hydroxyl groups is 2. The van der Waals surface area contributed by atoms with Gasteiger partial charge in [-0.15, -0.1) is 0 Å².